The number of H-pyrrole nitrogens is 1. The first kappa shape index (κ1) is 10.6. The summed E-state index contributed by atoms with van der Waals surface area (Å²) < 4.78 is 0. The lowest BCUT2D eigenvalue weighted by Crippen LogP contribution is -2.30. The minimum absolute atomic E-state index is 0.498. The van der Waals surface area contributed by atoms with Gasteiger partial charge >= 0.3 is 0 Å². The first-order valence-corrected chi connectivity index (χ1v) is 6.67. The Hall–Kier alpha value is -1.33. The molecule has 2 saturated heterocycles. The summed E-state index contributed by atoms with van der Waals surface area (Å²) in [5, 5.41) is 12.6. The average Bonchev–Trinajstić information content (AvgIpc) is 2.98. The van der Waals surface area contributed by atoms with Crippen molar-refractivity contribution in [3.8, 4) is 0 Å². The molecule has 0 spiro atoms. The summed E-state index contributed by atoms with van der Waals surface area (Å²) in [7, 11) is 0. The van der Waals surface area contributed by atoms with E-state index in [1.165, 1.54) is 6.42 Å². The summed E-state index contributed by atoms with van der Waals surface area (Å²) >= 11 is 5.88. The zero-order valence-corrected chi connectivity index (χ0v) is 10.6. The van der Waals surface area contributed by atoms with Crippen LogP contribution >= 0.6 is 11.6 Å². The third-order valence-electron chi connectivity index (χ3n) is 4.06. The molecule has 18 heavy (non-hydrogen) atoms. The summed E-state index contributed by atoms with van der Waals surface area (Å²) in [5.74, 6) is 1.77. The molecule has 4 rings (SSSR count). The summed E-state index contributed by atoms with van der Waals surface area (Å²) in [4.78, 5) is 6.49. The number of pyridine rings is 1. The minimum Gasteiger partial charge on any atom is -0.353 e. The zero-order chi connectivity index (χ0) is 12.1. The van der Waals surface area contributed by atoms with E-state index in [1.54, 1.807) is 6.20 Å². The fourth-order valence-corrected chi connectivity index (χ4v) is 3.30. The van der Waals surface area contributed by atoms with Gasteiger partial charge in [-0.3, -0.25) is 5.10 Å². The van der Waals surface area contributed by atoms with Gasteiger partial charge < -0.3 is 10.2 Å². The van der Waals surface area contributed by atoms with Crippen LogP contribution in [0.4, 0.5) is 5.82 Å². The van der Waals surface area contributed by atoms with Gasteiger partial charge in [0, 0.05) is 31.4 Å². The first-order valence-electron chi connectivity index (χ1n) is 6.29. The largest absolute Gasteiger partial charge is 0.353 e. The van der Waals surface area contributed by atoms with Gasteiger partial charge in [-0.25, -0.2) is 4.98 Å². The Kier molecular flexibility index (Phi) is 2.25. The molecule has 2 aliphatic heterocycles. The van der Waals surface area contributed by atoms with E-state index < -0.39 is 0 Å². The van der Waals surface area contributed by atoms with E-state index in [4.69, 9.17) is 11.6 Å². The van der Waals surface area contributed by atoms with Gasteiger partial charge in [0.15, 0.2) is 5.82 Å². The van der Waals surface area contributed by atoms with Gasteiger partial charge in [0.2, 0.25) is 0 Å². The van der Waals surface area contributed by atoms with E-state index in [1.807, 2.05) is 6.07 Å². The van der Waals surface area contributed by atoms with Crippen LogP contribution < -0.4 is 10.2 Å². The summed E-state index contributed by atoms with van der Waals surface area (Å²) in [6.45, 7) is 3.27. The highest BCUT2D eigenvalue weighted by Crippen LogP contribution is 2.32. The van der Waals surface area contributed by atoms with Crippen molar-refractivity contribution in [3.63, 3.8) is 0 Å². The van der Waals surface area contributed by atoms with Gasteiger partial charge in [0.25, 0.3) is 0 Å². The molecule has 94 valence electrons. The maximum absolute atomic E-state index is 5.88. The fourth-order valence-electron chi connectivity index (χ4n) is 3.14. The fraction of sp³-hybridized carbons (Fsp3) is 0.500. The molecule has 0 aromatic carbocycles. The Morgan fingerprint density at radius 2 is 2.33 bits per heavy atom. The van der Waals surface area contributed by atoms with Crippen LogP contribution in [-0.4, -0.2) is 40.9 Å². The van der Waals surface area contributed by atoms with Crippen molar-refractivity contribution in [2.75, 3.05) is 24.5 Å². The number of fused-ring (bicyclic) bond motifs is 2. The molecule has 5 nitrogen and oxygen atoms in total. The third-order valence-corrected chi connectivity index (χ3v) is 4.26. The number of aromatic amines is 1. The number of rotatable bonds is 1. The van der Waals surface area contributed by atoms with Crippen molar-refractivity contribution in [3.05, 3.63) is 17.4 Å². The molecule has 0 saturated carbocycles. The smallest absolute Gasteiger partial charge is 0.159 e. The Labute approximate surface area is 110 Å². The lowest BCUT2D eigenvalue weighted by molar-refractivity contribution is 0.556. The van der Waals surface area contributed by atoms with Gasteiger partial charge in [-0.15, -0.1) is 0 Å². The molecule has 4 heterocycles. The predicted molar refractivity (Wildman–Crippen MR) is 71.0 cm³/mol. The molecule has 6 heteroatoms. The van der Waals surface area contributed by atoms with Crippen molar-refractivity contribution in [1.29, 1.82) is 0 Å². The van der Waals surface area contributed by atoms with Crippen LogP contribution in [0.1, 0.15) is 6.42 Å². The molecule has 0 radical (unpaired) electrons. The molecule has 2 atom stereocenters. The molecule has 0 aliphatic carbocycles. The Bertz CT molecular complexity index is 583. The third kappa shape index (κ3) is 1.51. The standard InChI is InChI=1S/C12H14ClN5/c13-11-3-9-8(4-15-11)12(17-16-9)18-5-7-1-2-14-10(7)6-18/h3-4,7,10,14H,1-2,5-6H2,(H,16,17). The van der Waals surface area contributed by atoms with Crippen LogP contribution in [0.2, 0.25) is 5.15 Å². The van der Waals surface area contributed by atoms with E-state index >= 15 is 0 Å². The molecular weight excluding hydrogens is 250 g/mol. The van der Waals surface area contributed by atoms with E-state index in [0.717, 1.165) is 42.3 Å². The second-order valence-corrected chi connectivity index (χ2v) is 5.50. The number of aromatic nitrogens is 3. The van der Waals surface area contributed by atoms with E-state index in [9.17, 15) is 0 Å². The topological polar surface area (TPSA) is 56.8 Å². The van der Waals surface area contributed by atoms with Crippen LogP contribution in [0.5, 0.6) is 0 Å². The van der Waals surface area contributed by atoms with Gasteiger partial charge in [-0.1, -0.05) is 11.6 Å². The lowest BCUT2D eigenvalue weighted by Gasteiger charge is -2.16. The Morgan fingerprint density at radius 1 is 1.39 bits per heavy atom. The number of anilines is 1. The average molecular weight is 264 g/mol. The lowest BCUT2D eigenvalue weighted by atomic mass is 10.1. The van der Waals surface area contributed by atoms with Gasteiger partial charge in [0.1, 0.15) is 5.15 Å². The number of hydrogen-bond acceptors (Lipinski definition) is 4. The van der Waals surface area contributed by atoms with Gasteiger partial charge in [-0.05, 0) is 18.9 Å². The Morgan fingerprint density at radius 3 is 3.22 bits per heavy atom. The zero-order valence-electron chi connectivity index (χ0n) is 9.86. The van der Waals surface area contributed by atoms with Crippen LogP contribution in [0.15, 0.2) is 12.3 Å². The molecule has 0 bridgehead atoms. The summed E-state index contributed by atoms with van der Waals surface area (Å²) in [6.07, 6.45) is 3.08. The molecule has 2 fully saturated rings. The van der Waals surface area contributed by atoms with Gasteiger partial charge in [-0.2, -0.15) is 5.10 Å². The highest BCUT2D eigenvalue weighted by atomic mass is 35.5. The quantitative estimate of drug-likeness (QED) is 0.764. The van der Waals surface area contributed by atoms with Crippen LogP contribution in [0.3, 0.4) is 0 Å². The number of nitrogens with one attached hydrogen (secondary N) is 2. The first-order chi connectivity index (χ1) is 8.81. The SMILES string of the molecule is Clc1cc2[nH]nc(N3CC4CCNC4C3)c2cn1. The molecule has 2 unspecified atom stereocenters. The molecular formula is C12H14ClN5. The van der Waals surface area contributed by atoms with Crippen molar-refractivity contribution >= 4 is 28.3 Å². The minimum atomic E-state index is 0.498. The second-order valence-electron chi connectivity index (χ2n) is 5.11. The van der Waals surface area contributed by atoms with Crippen molar-refractivity contribution in [1.82, 2.24) is 20.5 Å². The molecule has 2 aromatic rings. The van der Waals surface area contributed by atoms with Crippen LogP contribution in [0.25, 0.3) is 10.9 Å². The second kappa shape index (κ2) is 3.83. The number of halogens is 1. The van der Waals surface area contributed by atoms with E-state index in [2.05, 4.69) is 25.4 Å². The van der Waals surface area contributed by atoms with Crippen molar-refractivity contribution in [2.45, 2.75) is 12.5 Å². The molecule has 0 amide bonds. The summed E-state index contributed by atoms with van der Waals surface area (Å²) in [5.41, 5.74) is 0.954. The molecule has 2 aromatic heterocycles. The van der Waals surface area contributed by atoms with E-state index in [-0.39, 0.29) is 0 Å². The monoisotopic (exact) mass is 263 g/mol. The highest BCUT2D eigenvalue weighted by Gasteiger charge is 2.37. The van der Waals surface area contributed by atoms with Crippen molar-refractivity contribution in [2.24, 2.45) is 5.92 Å². The number of nitrogens with zero attached hydrogens (tertiary/aromatic N) is 3. The van der Waals surface area contributed by atoms with Crippen molar-refractivity contribution < 1.29 is 0 Å². The van der Waals surface area contributed by atoms with Crippen LogP contribution in [-0.2, 0) is 0 Å². The van der Waals surface area contributed by atoms with E-state index in [0.29, 0.717) is 11.2 Å². The van der Waals surface area contributed by atoms with Gasteiger partial charge in [0.05, 0.1) is 10.9 Å². The molecule has 2 aliphatic rings. The highest BCUT2D eigenvalue weighted by molar-refractivity contribution is 6.30. The maximum atomic E-state index is 5.88. The number of hydrogen-bond donors (Lipinski definition) is 2. The van der Waals surface area contributed by atoms with Crippen LogP contribution in [0, 0.1) is 5.92 Å². The maximum Gasteiger partial charge on any atom is 0.159 e. The normalized spacial score (nSPS) is 27.1. The summed E-state index contributed by atoms with van der Waals surface area (Å²) in [6, 6.07) is 2.44. The Balaban J connectivity index is 1.71. The molecule has 2 N–H and O–H groups in total. The predicted octanol–water partition coefficient (Wildman–Crippen LogP) is 1.41.